The van der Waals surface area contributed by atoms with Crippen LogP contribution in [-0.2, 0) is 11.4 Å². The van der Waals surface area contributed by atoms with E-state index < -0.39 is 0 Å². The maximum absolute atomic E-state index is 13.1. The summed E-state index contributed by atoms with van der Waals surface area (Å²) in [5, 5.41) is 4.35. The first kappa shape index (κ1) is 22.3. The SMILES string of the molecule is COc1ccc(-c2cc(C(C)=NOCc3ccc(F)cc3)c(C)n2-c2cccc(C)c2)cc1. The summed E-state index contributed by atoms with van der Waals surface area (Å²) in [4.78, 5) is 5.58. The van der Waals surface area contributed by atoms with Gasteiger partial charge in [-0.1, -0.05) is 29.4 Å². The molecule has 0 radical (unpaired) electrons. The number of methoxy groups -OCH3 is 1. The number of benzene rings is 3. The molecule has 0 saturated heterocycles. The van der Waals surface area contributed by atoms with Crippen LogP contribution in [-0.4, -0.2) is 17.4 Å². The molecule has 4 aromatic rings. The molecule has 0 N–H and O–H groups in total. The van der Waals surface area contributed by atoms with Crippen molar-refractivity contribution in [1.82, 2.24) is 4.57 Å². The van der Waals surface area contributed by atoms with E-state index in [1.165, 1.54) is 17.7 Å². The van der Waals surface area contributed by atoms with Crippen molar-refractivity contribution >= 4 is 5.71 Å². The monoisotopic (exact) mass is 442 g/mol. The average Bonchev–Trinajstić information content (AvgIpc) is 3.17. The van der Waals surface area contributed by atoms with Gasteiger partial charge in [-0.3, -0.25) is 0 Å². The maximum atomic E-state index is 13.1. The summed E-state index contributed by atoms with van der Waals surface area (Å²) < 4.78 is 20.7. The minimum absolute atomic E-state index is 0.266. The second kappa shape index (κ2) is 9.74. The molecule has 0 unspecified atom stereocenters. The Morgan fingerprint density at radius 3 is 2.33 bits per heavy atom. The molecule has 4 nitrogen and oxygen atoms in total. The highest BCUT2D eigenvalue weighted by Crippen LogP contribution is 2.31. The van der Waals surface area contributed by atoms with E-state index in [-0.39, 0.29) is 12.4 Å². The molecule has 4 rings (SSSR count). The predicted octanol–water partition coefficient (Wildman–Crippen LogP) is 6.85. The summed E-state index contributed by atoms with van der Waals surface area (Å²) in [6.45, 7) is 6.39. The van der Waals surface area contributed by atoms with Gasteiger partial charge in [-0.2, -0.15) is 0 Å². The van der Waals surface area contributed by atoms with Gasteiger partial charge < -0.3 is 14.1 Å². The molecule has 0 amide bonds. The molecule has 0 bridgehead atoms. The van der Waals surface area contributed by atoms with Gasteiger partial charge in [-0.05, 0) is 92.1 Å². The second-order valence-corrected chi connectivity index (χ2v) is 8.01. The van der Waals surface area contributed by atoms with E-state index in [0.29, 0.717) is 0 Å². The molecule has 0 fully saturated rings. The Balaban J connectivity index is 1.71. The van der Waals surface area contributed by atoms with E-state index >= 15 is 0 Å². The fourth-order valence-corrected chi connectivity index (χ4v) is 3.88. The van der Waals surface area contributed by atoms with Crippen molar-refractivity contribution in [3.8, 4) is 22.7 Å². The highest BCUT2D eigenvalue weighted by atomic mass is 19.1. The van der Waals surface area contributed by atoms with Gasteiger partial charge in [0.25, 0.3) is 0 Å². The minimum Gasteiger partial charge on any atom is -0.497 e. The van der Waals surface area contributed by atoms with Crippen LogP contribution in [0.2, 0.25) is 0 Å². The lowest BCUT2D eigenvalue weighted by atomic mass is 10.1. The lowest BCUT2D eigenvalue weighted by molar-refractivity contribution is 0.130. The van der Waals surface area contributed by atoms with Crippen molar-refractivity contribution in [2.45, 2.75) is 27.4 Å². The second-order valence-electron chi connectivity index (χ2n) is 8.01. The lowest BCUT2D eigenvalue weighted by Crippen LogP contribution is -2.03. The highest BCUT2D eigenvalue weighted by Gasteiger charge is 2.17. The summed E-state index contributed by atoms with van der Waals surface area (Å²) in [6, 6.07) is 24.8. The van der Waals surface area contributed by atoms with Crippen LogP contribution in [0.3, 0.4) is 0 Å². The van der Waals surface area contributed by atoms with Crippen molar-refractivity contribution in [3.63, 3.8) is 0 Å². The van der Waals surface area contributed by atoms with Gasteiger partial charge in [0.2, 0.25) is 0 Å². The molecule has 0 aliphatic carbocycles. The van der Waals surface area contributed by atoms with Crippen molar-refractivity contribution < 1.29 is 14.0 Å². The molecular formula is C28H27FN2O2. The van der Waals surface area contributed by atoms with Crippen molar-refractivity contribution in [3.05, 3.63) is 107 Å². The predicted molar refractivity (Wildman–Crippen MR) is 131 cm³/mol. The van der Waals surface area contributed by atoms with Gasteiger partial charge >= 0.3 is 0 Å². The fraction of sp³-hybridized carbons (Fsp3) is 0.179. The molecule has 5 heteroatoms. The quantitative estimate of drug-likeness (QED) is 0.232. The zero-order valence-corrected chi connectivity index (χ0v) is 19.3. The van der Waals surface area contributed by atoms with Crippen LogP contribution in [0.1, 0.15) is 29.3 Å². The van der Waals surface area contributed by atoms with Crippen molar-refractivity contribution in [2.75, 3.05) is 7.11 Å². The Labute approximate surface area is 193 Å². The molecule has 33 heavy (non-hydrogen) atoms. The zero-order valence-electron chi connectivity index (χ0n) is 19.3. The van der Waals surface area contributed by atoms with Gasteiger partial charge in [-0.15, -0.1) is 0 Å². The first-order valence-corrected chi connectivity index (χ1v) is 10.8. The fourth-order valence-electron chi connectivity index (χ4n) is 3.88. The summed E-state index contributed by atoms with van der Waals surface area (Å²) in [5.74, 6) is 0.550. The number of aromatic nitrogens is 1. The van der Waals surface area contributed by atoms with Crippen LogP contribution in [0, 0.1) is 19.7 Å². The van der Waals surface area contributed by atoms with E-state index in [0.717, 1.165) is 45.2 Å². The first-order chi connectivity index (χ1) is 16.0. The molecule has 0 spiro atoms. The van der Waals surface area contributed by atoms with Crippen LogP contribution in [0.25, 0.3) is 16.9 Å². The summed E-state index contributed by atoms with van der Waals surface area (Å²) in [7, 11) is 1.67. The van der Waals surface area contributed by atoms with Gasteiger partial charge in [0.1, 0.15) is 18.2 Å². The Kier molecular flexibility index (Phi) is 6.59. The number of halogens is 1. The minimum atomic E-state index is -0.266. The normalized spacial score (nSPS) is 11.5. The molecule has 168 valence electrons. The van der Waals surface area contributed by atoms with Crippen LogP contribution < -0.4 is 4.74 Å². The molecule has 0 aliphatic rings. The molecule has 1 heterocycles. The largest absolute Gasteiger partial charge is 0.497 e. The number of hydrogen-bond donors (Lipinski definition) is 0. The Morgan fingerprint density at radius 1 is 0.939 bits per heavy atom. The van der Waals surface area contributed by atoms with Crippen LogP contribution in [0.4, 0.5) is 4.39 Å². The Morgan fingerprint density at radius 2 is 1.67 bits per heavy atom. The van der Waals surface area contributed by atoms with Crippen LogP contribution in [0.15, 0.2) is 84.0 Å². The van der Waals surface area contributed by atoms with E-state index in [9.17, 15) is 4.39 Å². The number of rotatable bonds is 7. The van der Waals surface area contributed by atoms with E-state index in [2.05, 4.69) is 66.0 Å². The third kappa shape index (κ3) is 4.98. The van der Waals surface area contributed by atoms with E-state index in [4.69, 9.17) is 9.57 Å². The standard InChI is InChI=1S/C28H27FN2O2/c1-19-6-5-7-25(16-19)31-21(3)27(17-28(31)23-10-14-26(32-4)15-11-23)20(2)30-33-18-22-8-12-24(29)13-9-22/h5-17H,18H2,1-4H3. The Hall–Kier alpha value is -3.86. The molecule has 1 aromatic heterocycles. The molecule has 3 aromatic carbocycles. The summed E-state index contributed by atoms with van der Waals surface area (Å²) in [5.41, 5.74) is 8.12. The maximum Gasteiger partial charge on any atom is 0.142 e. The highest BCUT2D eigenvalue weighted by molar-refractivity contribution is 6.01. The first-order valence-electron chi connectivity index (χ1n) is 10.8. The number of hydrogen-bond acceptors (Lipinski definition) is 3. The van der Waals surface area contributed by atoms with E-state index in [1.54, 1.807) is 19.2 Å². The third-order valence-electron chi connectivity index (χ3n) is 5.63. The number of oxime groups is 1. The molecule has 0 atom stereocenters. The smallest absolute Gasteiger partial charge is 0.142 e. The van der Waals surface area contributed by atoms with Crippen molar-refractivity contribution in [2.24, 2.45) is 5.16 Å². The number of aryl methyl sites for hydroxylation is 1. The average molecular weight is 443 g/mol. The third-order valence-corrected chi connectivity index (χ3v) is 5.63. The van der Waals surface area contributed by atoms with Gasteiger partial charge in [0, 0.05) is 16.9 Å². The van der Waals surface area contributed by atoms with Gasteiger partial charge in [0.05, 0.1) is 18.5 Å². The summed E-state index contributed by atoms with van der Waals surface area (Å²) in [6.07, 6.45) is 0. The van der Waals surface area contributed by atoms with Gasteiger partial charge in [-0.25, -0.2) is 4.39 Å². The van der Waals surface area contributed by atoms with Crippen molar-refractivity contribution in [1.29, 1.82) is 0 Å². The number of ether oxygens (including phenoxy) is 1. The topological polar surface area (TPSA) is 35.8 Å². The Bertz CT molecular complexity index is 1270. The van der Waals surface area contributed by atoms with Gasteiger partial charge in [0.15, 0.2) is 0 Å². The lowest BCUT2D eigenvalue weighted by Gasteiger charge is -2.13. The molecular weight excluding hydrogens is 415 g/mol. The van der Waals surface area contributed by atoms with Crippen LogP contribution >= 0.6 is 0 Å². The van der Waals surface area contributed by atoms with Crippen LogP contribution in [0.5, 0.6) is 5.75 Å². The summed E-state index contributed by atoms with van der Waals surface area (Å²) >= 11 is 0. The molecule has 0 aliphatic heterocycles. The molecule has 0 saturated carbocycles. The zero-order chi connectivity index (χ0) is 23.4. The number of nitrogens with zero attached hydrogens (tertiary/aromatic N) is 2. The van der Waals surface area contributed by atoms with E-state index in [1.807, 2.05) is 19.1 Å².